The molecule has 196 valence electrons. The molecule has 38 heavy (non-hydrogen) atoms. The van der Waals surface area contributed by atoms with Crippen LogP contribution < -0.4 is 5.32 Å². The summed E-state index contributed by atoms with van der Waals surface area (Å²) in [5.74, 6) is -1.22. The lowest BCUT2D eigenvalue weighted by molar-refractivity contribution is -0.140. The first kappa shape index (κ1) is 27.1. The molecule has 3 aromatic rings. The third-order valence-electron chi connectivity index (χ3n) is 6.80. The van der Waals surface area contributed by atoms with Crippen molar-refractivity contribution in [3.05, 3.63) is 117 Å². The second kappa shape index (κ2) is 12.1. The summed E-state index contributed by atoms with van der Waals surface area (Å²) in [6.07, 6.45) is 0.104. The molecule has 0 saturated heterocycles. The molecule has 4 rings (SSSR count). The van der Waals surface area contributed by atoms with Crippen molar-refractivity contribution in [2.45, 2.75) is 45.7 Å². The van der Waals surface area contributed by atoms with Gasteiger partial charge in [-0.3, -0.25) is 9.59 Å². The van der Waals surface area contributed by atoms with Crippen LogP contribution in [0, 0.1) is 0 Å². The van der Waals surface area contributed by atoms with Crippen LogP contribution in [0.5, 0.6) is 0 Å². The summed E-state index contributed by atoms with van der Waals surface area (Å²) in [6, 6.07) is 24.0. The lowest BCUT2D eigenvalue weighted by atomic mass is 9.83. The maximum atomic E-state index is 13.3. The van der Waals surface area contributed by atoms with Crippen LogP contribution in [0.1, 0.15) is 66.2 Å². The molecule has 1 aliphatic rings. The van der Waals surface area contributed by atoms with Crippen molar-refractivity contribution in [3.8, 4) is 0 Å². The fourth-order valence-corrected chi connectivity index (χ4v) is 5.02. The quantitative estimate of drug-likeness (QED) is 0.353. The van der Waals surface area contributed by atoms with Crippen LogP contribution >= 0.6 is 11.6 Å². The van der Waals surface area contributed by atoms with Crippen molar-refractivity contribution in [3.63, 3.8) is 0 Å². The first-order valence-electron chi connectivity index (χ1n) is 12.7. The van der Waals surface area contributed by atoms with Gasteiger partial charge >= 0.3 is 5.97 Å². The highest BCUT2D eigenvalue weighted by molar-refractivity contribution is 6.31. The first-order chi connectivity index (χ1) is 18.3. The van der Waals surface area contributed by atoms with Crippen LogP contribution in [-0.4, -0.2) is 29.3 Å². The van der Waals surface area contributed by atoms with E-state index in [2.05, 4.69) is 5.32 Å². The molecule has 0 saturated carbocycles. The second-order valence-electron chi connectivity index (χ2n) is 9.28. The van der Waals surface area contributed by atoms with Crippen molar-refractivity contribution in [1.82, 2.24) is 10.2 Å². The Hall–Kier alpha value is -3.90. The summed E-state index contributed by atoms with van der Waals surface area (Å²) >= 11 is 6.44. The van der Waals surface area contributed by atoms with Gasteiger partial charge in [0, 0.05) is 28.6 Å². The van der Waals surface area contributed by atoms with Gasteiger partial charge in [-0.05, 0) is 55.7 Å². The lowest BCUT2D eigenvalue weighted by Crippen LogP contribution is -2.38. The number of hydrogen-bond donors (Lipinski definition) is 1. The molecule has 2 atom stereocenters. The van der Waals surface area contributed by atoms with Gasteiger partial charge in [0.15, 0.2) is 0 Å². The average molecular weight is 531 g/mol. The van der Waals surface area contributed by atoms with Crippen molar-refractivity contribution < 1.29 is 19.1 Å². The zero-order chi connectivity index (χ0) is 27.2. The highest BCUT2D eigenvalue weighted by atomic mass is 35.5. The molecule has 2 amide bonds. The maximum absolute atomic E-state index is 13.3. The van der Waals surface area contributed by atoms with E-state index in [9.17, 15) is 14.4 Å². The third kappa shape index (κ3) is 5.97. The topological polar surface area (TPSA) is 75.7 Å². The van der Waals surface area contributed by atoms with Gasteiger partial charge in [0.2, 0.25) is 5.91 Å². The zero-order valence-corrected chi connectivity index (χ0v) is 22.5. The minimum atomic E-state index is -0.482. The number of carbonyl (C=O) groups excluding carboxylic acids is 3. The minimum absolute atomic E-state index is 0.104. The predicted molar refractivity (Wildman–Crippen MR) is 147 cm³/mol. The van der Waals surface area contributed by atoms with Crippen LogP contribution in [0.4, 0.5) is 0 Å². The fourth-order valence-electron chi connectivity index (χ4n) is 4.75. The Morgan fingerprint density at radius 1 is 1.03 bits per heavy atom. The number of halogens is 1. The van der Waals surface area contributed by atoms with Gasteiger partial charge in [-0.15, -0.1) is 0 Å². The normalized spacial score (nSPS) is 16.3. The lowest BCUT2D eigenvalue weighted by Gasteiger charge is -2.34. The van der Waals surface area contributed by atoms with Crippen molar-refractivity contribution in [2.24, 2.45) is 0 Å². The van der Waals surface area contributed by atoms with Crippen molar-refractivity contribution >= 4 is 29.4 Å². The second-order valence-corrected chi connectivity index (χ2v) is 9.69. The number of nitrogens with zero attached hydrogens (tertiary/aromatic N) is 1. The standard InChI is InChI=1S/C31H31ClN2O4/c1-4-38-31(37)29-21(3)34(28(35)18-26(29)25-12-8-9-13-27(25)32)19-22-14-16-24(17-15-22)30(36)33-20(2)23-10-6-5-7-11-23/h5-17,20,26H,4,18-19H2,1-3H3,(H,33,36). The molecular formula is C31H31ClN2O4. The summed E-state index contributed by atoms with van der Waals surface area (Å²) in [5.41, 5.74) is 4.10. The SMILES string of the molecule is CCOC(=O)C1=C(C)N(Cc2ccc(C(=O)NC(C)c3ccccc3)cc2)C(=O)CC1c1ccccc1Cl. The number of carbonyl (C=O) groups is 3. The fraction of sp³-hybridized carbons (Fsp3) is 0.258. The number of esters is 1. The molecule has 6 nitrogen and oxygen atoms in total. The van der Waals surface area contributed by atoms with Gasteiger partial charge in [-0.2, -0.15) is 0 Å². The van der Waals surface area contributed by atoms with Crippen molar-refractivity contribution in [2.75, 3.05) is 6.61 Å². The summed E-state index contributed by atoms with van der Waals surface area (Å²) in [6.45, 7) is 5.95. The van der Waals surface area contributed by atoms with Gasteiger partial charge < -0.3 is 15.0 Å². The molecule has 0 bridgehead atoms. The van der Waals surface area contributed by atoms with Crippen molar-refractivity contribution in [1.29, 1.82) is 0 Å². The summed E-state index contributed by atoms with van der Waals surface area (Å²) < 4.78 is 5.36. The van der Waals surface area contributed by atoms with E-state index >= 15 is 0 Å². The minimum Gasteiger partial charge on any atom is -0.463 e. The van der Waals surface area contributed by atoms with E-state index < -0.39 is 11.9 Å². The van der Waals surface area contributed by atoms with Gasteiger partial charge in [0.1, 0.15) is 0 Å². The Bertz CT molecular complexity index is 1350. The van der Waals surface area contributed by atoms with Crippen LogP contribution in [0.15, 0.2) is 90.1 Å². The molecule has 0 spiro atoms. The van der Waals surface area contributed by atoms with E-state index in [4.69, 9.17) is 16.3 Å². The van der Waals surface area contributed by atoms with Gasteiger partial charge in [0.05, 0.1) is 24.8 Å². The Kier molecular flexibility index (Phi) is 8.64. The number of ether oxygens (including phenoxy) is 1. The average Bonchev–Trinajstić information content (AvgIpc) is 2.92. The predicted octanol–water partition coefficient (Wildman–Crippen LogP) is 6.18. The van der Waals surface area contributed by atoms with E-state index in [0.717, 1.165) is 16.7 Å². The molecule has 7 heteroatoms. The van der Waals surface area contributed by atoms with E-state index in [1.54, 1.807) is 36.9 Å². The third-order valence-corrected chi connectivity index (χ3v) is 7.15. The molecule has 2 unspecified atom stereocenters. The van der Waals surface area contributed by atoms with Crippen LogP contribution in [0.25, 0.3) is 0 Å². The number of allylic oxidation sites excluding steroid dienone is 1. The molecule has 0 aliphatic carbocycles. The number of nitrogens with one attached hydrogen (secondary N) is 1. The zero-order valence-electron chi connectivity index (χ0n) is 21.7. The maximum Gasteiger partial charge on any atom is 0.336 e. The molecule has 0 aromatic heterocycles. The van der Waals surface area contributed by atoms with Gasteiger partial charge in [-0.1, -0.05) is 72.3 Å². The Labute approximate surface area is 228 Å². The molecule has 0 radical (unpaired) electrons. The highest BCUT2D eigenvalue weighted by Gasteiger charge is 2.37. The van der Waals surface area contributed by atoms with E-state index in [1.807, 2.05) is 67.6 Å². The number of rotatable bonds is 8. The molecule has 0 fully saturated rings. The summed E-state index contributed by atoms with van der Waals surface area (Å²) in [7, 11) is 0. The molecule has 1 heterocycles. The van der Waals surface area contributed by atoms with Crippen LogP contribution in [0.3, 0.4) is 0 Å². The Morgan fingerprint density at radius 3 is 2.34 bits per heavy atom. The first-order valence-corrected chi connectivity index (χ1v) is 13.0. The number of amides is 2. The Balaban J connectivity index is 1.54. The number of hydrogen-bond acceptors (Lipinski definition) is 4. The van der Waals surface area contributed by atoms with Crippen LogP contribution in [0.2, 0.25) is 5.02 Å². The number of benzene rings is 3. The summed E-state index contributed by atoms with van der Waals surface area (Å²) in [4.78, 5) is 40.7. The largest absolute Gasteiger partial charge is 0.463 e. The van der Waals surface area contributed by atoms with Gasteiger partial charge in [-0.25, -0.2) is 4.79 Å². The molecule has 1 aliphatic heterocycles. The molecule has 3 aromatic carbocycles. The monoisotopic (exact) mass is 530 g/mol. The van der Waals surface area contributed by atoms with E-state index in [-0.39, 0.29) is 37.4 Å². The Morgan fingerprint density at radius 2 is 1.68 bits per heavy atom. The molecule has 1 N–H and O–H groups in total. The summed E-state index contributed by atoms with van der Waals surface area (Å²) in [5, 5.41) is 3.51. The highest BCUT2D eigenvalue weighted by Crippen LogP contribution is 2.40. The van der Waals surface area contributed by atoms with E-state index in [1.165, 1.54) is 0 Å². The van der Waals surface area contributed by atoms with E-state index in [0.29, 0.717) is 21.9 Å². The smallest absolute Gasteiger partial charge is 0.336 e. The van der Waals surface area contributed by atoms with Crippen LogP contribution in [-0.2, 0) is 20.9 Å². The molecular weight excluding hydrogens is 500 g/mol. The van der Waals surface area contributed by atoms with Gasteiger partial charge in [0.25, 0.3) is 5.91 Å².